The highest BCUT2D eigenvalue weighted by molar-refractivity contribution is 6.09. The Kier molecular flexibility index (Phi) is 8.73. The van der Waals surface area contributed by atoms with Gasteiger partial charge in [-0.2, -0.15) is 0 Å². The van der Waals surface area contributed by atoms with E-state index < -0.39 is 0 Å². The van der Waals surface area contributed by atoms with Crippen molar-refractivity contribution in [3.05, 3.63) is 42.0 Å². The van der Waals surface area contributed by atoms with Gasteiger partial charge in [-0.05, 0) is 56.9 Å². The van der Waals surface area contributed by atoms with Crippen LogP contribution in [0.4, 0.5) is 5.69 Å². The Morgan fingerprint density at radius 2 is 1.76 bits per heavy atom. The van der Waals surface area contributed by atoms with Gasteiger partial charge in [0.15, 0.2) is 0 Å². The number of amides is 1. The average molecular weight is 364 g/mol. The van der Waals surface area contributed by atoms with Crippen LogP contribution in [0.2, 0.25) is 0 Å². The molecule has 0 radical (unpaired) electrons. The summed E-state index contributed by atoms with van der Waals surface area (Å²) >= 11 is 0. The predicted octanol–water partition coefficient (Wildman–Crippen LogP) is 4.08. The van der Waals surface area contributed by atoms with Crippen LogP contribution in [-0.4, -0.2) is 36.5 Å². The molecule has 0 aliphatic carbocycles. The third-order valence-corrected chi connectivity index (χ3v) is 4.58. The lowest BCUT2D eigenvalue weighted by atomic mass is 10.0. The van der Waals surface area contributed by atoms with Crippen molar-refractivity contribution in [2.45, 2.75) is 39.7 Å². The summed E-state index contributed by atoms with van der Waals surface area (Å²) in [6, 6.07) is 11.6. The molecule has 1 amide bonds. The molecule has 0 aliphatic heterocycles. The fourth-order valence-corrected chi connectivity index (χ4v) is 3.07. The fraction of sp³-hybridized carbons (Fsp3) is 0.450. The lowest BCUT2D eigenvalue weighted by Crippen LogP contribution is -2.33. The quantitative estimate of drug-likeness (QED) is 0.694. The molecule has 25 heavy (non-hydrogen) atoms. The van der Waals surface area contributed by atoms with Crippen LogP contribution in [0.25, 0.3) is 10.8 Å². The summed E-state index contributed by atoms with van der Waals surface area (Å²) in [7, 11) is 0. The molecular formula is C20H30ClN3O. The Morgan fingerprint density at radius 1 is 1.12 bits per heavy atom. The van der Waals surface area contributed by atoms with Crippen molar-refractivity contribution in [3.8, 4) is 0 Å². The van der Waals surface area contributed by atoms with Crippen molar-refractivity contribution in [2.24, 2.45) is 0 Å². The second kappa shape index (κ2) is 10.3. The van der Waals surface area contributed by atoms with E-state index in [1.165, 1.54) is 0 Å². The Hall–Kier alpha value is -1.78. The van der Waals surface area contributed by atoms with E-state index in [0.29, 0.717) is 11.3 Å². The van der Waals surface area contributed by atoms with Crippen molar-refractivity contribution >= 4 is 34.8 Å². The first-order valence-electron chi connectivity index (χ1n) is 8.87. The molecule has 2 aromatic carbocycles. The molecule has 0 heterocycles. The zero-order chi connectivity index (χ0) is 17.5. The van der Waals surface area contributed by atoms with Crippen LogP contribution < -0.4 is 11.1 Å². The number of nitrogens with zero attached hydrogens (tertiary/aromatic N) is 1. The summed E-state index contributed by atoms with van der Waals surface area (Å²) in [5.74, 6) is -0.0264. The van der Waals surface area contributed by atoms with Crippen molar-refractivity contribution in [1.29, 1.82) is 0 Å². The SMILES string of the molecule is CCN(CC)CCCC(C)NC(=O)c1cccc2c(N)cccc12.Cl. The number of benzene rings is 2. The molecule has 1 unspecified atom stereocenters. The molecule has 0 fully saturated rings. The van der Waals surface area contributed by atoms with Gasteiger partial charge in [0, 0.05) is 22.7 Å². The number of hydrogen-bond donors (Lipinski definition) is 2. The van der Waals surface area contributed by atoms with E-state index in [2.05, 4.69) is 31.0 Å². The van der Waals surface area contributed by atoms with Gasteiger partial charge in [-0.15, -0.1) is 12.4 Å². The van der Waals surface area contributed by atoms with E-state index in [0.717, 1.165) is 43.2 Å². The first-order valence-corrected chi connectivity index (χ1v) is 8.87. The first kappa shape index (κ1) is 21.3. The van der Waals surface area contributed by atoms with Gasteiger partial charge in [0.25, 0.3) is 5.91 Å². The molecule has 1 atom stereocenters. The van der Waals surface area contributed by atoms with Crippen LogP contribution >= 0.6 is 12.4 Å². The normalized spacial score (nSPS) is 12.0. The van der Waals surface area contributed by atoms with Crippen LogP contribution in [0.3, 0.4) is 0 Å². The molecule has 5 heteroatoms. The van der Waals surface area contributed by atoms with Crippen molar-refractivity contribution in [3.63, 3.8) is 0 Å². The molecule has 0 aliphatic rings. The van der Waals surface area contributed by atoms with Crippen LogP contribution in [0.1, 0.15) is 44.0 Å². The second-order valence-corrected chi connectivity index (χ2v) is 6.29. The zero-order valence-corrected chi connectivity index (χ0v) is 16.2. The lowest BCUT2D eigenvalue weighted by Gasteiger charge is -2.20. The molecule has 138 valence electrons. The number of nitrogen functional groups attached to an aromatic ring is 1. The highest BCUT2D eigenvalue weighted by Gasteiger charge is 2.13. The van der Waals surface area contributed by atoms with Gasteiger partial charge < -0.3 is 16.0 Å². The first-order chi connectivity index (χ1) is 11.6. The van der Waals surface area contributed by atoms with Gasteiger partial charge in [0.2, 0.25) is 0 Å². The van der Waals surface area contributed by atoms with Gasteiger partial charge in [-0.1, -0.05) is 38.1 Å². The molecule has 0 saturated heterocycles. The molecule has 2 aromatic rings. The van der Waals surface area contributed by atoms with E-state index in [9.17, 15) is 4.79 Å². The maximum absolute atomic E-state index is 12.6. The van der Waals surface area contributed by atoms with E-state index in [1.54, 1.807) is 0 Å². The number of nitrogens with one attached hydrogen (secondary N) is 1. The minimum absolute atomic E-state index is 0. The summed E-state index contributed by atoms with van der Waals surface area (Å²) in [5.41, 5.74) is 7.40. The van der Waals surface area contributed by atoms with Crippen molar-refractivity contribution in [2.75, 3.05) is 25.4 Å². The number of nitrogens with two attached hydrogens (primary N) is 1. The van der Waals surface area contributed by atoms with Crippen LogP contribution in [0.5, 0.6) is 0 Å². The van der Waals surface area contributed by atoms with Crippen LogP contribution in [0.15, 0.2) is 36.4 Å². The molecule has 0 bridgehead atoms. The van der Waals surface area contributed by atoms with E-state index in [4.69, 9.17) is 5.73 Å². The smallest absolute Gasteiger partial charge is 0.252 e. The molecule has 4 nitrogen and oxygen atoms in total. The topological polar surface area (TPSA) is 58.4 Å². The molecule has 3 N–H and O–H groups in total. The minimum Gasteiger partial charge on any atom is -0.398 e. The summed E-state index contributed by atoms with van der Waals surface area (Å²) in [5, 5.41) is 4.96. The van der Waals surface area contributed by atoms with Gasteiger partial charge in [0.05, 0.1) is 0 Å². The maximum atomic E-state index is 12.6. The van der Waals surface area contributed by atoms with Gasteiger partial charge >= 0.3 is 0 Å². The largest absolute Gasteiger partial charge is 0.398 e. The predicted molar refractivity (Wildman–Crippen MR) is 110 cm³/mol. The van der Waals surface area contributed by atoms with Gasteiger partial charge in [-0.25, -0.2) is 0 Å². The number of fused-ring (bicyclic) bond motifs is 1. The van der Waals surface area contributed by atoms with Gasteiger partial charge in [-0.3, -0.25) is 4.79 Å². The maximum Gasteiger partial charge on any atom is 0.252 e. The zero-order valence-electron chi connectivity index (χ0n) is 15.4. The number of carbonyl (C=O) groups is 1. The average Bonchev–Trinajstić information content (AvgIpc) is 2.58. The van der Waals surface area contributed by atoms with E-state index >= 15 is 0 Å². The third-order valence-electron chi connectivity index (χ3n) is 4.58. The molecule has 0 spiro atoms. The summed E-state index contributed by atoms with van der Waals surface area (Å²) in [6.45, 7) is 9.67. The number of carbonyl (C=O) groups excluding carboxylic acids is 1. The molecule has 2 rings (SSSR count). The Bertz CT molecular complexity index is 686. The third kappa shape index (κ3) is 5.62. The lowest BCUT2D eigenvalue weighted by molar-refractivity contribution is 0.0939. The number of hydrogen-bond acceptors (Lipinski definition) is 3. The minimum atomic E-state index is -0.0264. The Morgan fingerprint density at radius 3 is 2.44 bits per heavy atom. The fourth-order valence-electron chi connectivity index (χ4n) is 3.07. The standard InChI is InChI=1S/C20H29N3O.ClH/c1-4-23(5-2)14-8-9-15(3)22-20(24)18-12-6-11-17-16(18)10-7-13-19(17)21;/h6-7,10-13,15H,4-5,8-9,14,21H2,1-3H3,(H,22,24);1H. The number of rotatable bonds is 8. The van der Waals surface area contributed by atoms with Crippen molar-refractivity contribution < 1.29 is 4.79 Å². The Labute approximate surface area is 157 Å². The van der Waals surface area contributed by atoms with Crippen LogP contribution in [0, 0.1) is 0 Å². The van der Waals surface area contributed by atoms with Crippen molar-refractivity contribution in [1.82, 2.24) is 10.2 Å². The van der Waals surface area contributed by atoms with E-state index in [1.807, 2.05) is 36.4 Å². The molecular weight excluding hydrogens is 334 g/mol. The number of anilines is 1. The highest BCUT2D eigenvalue weighted by atomic mass is 35.5. The summed E-state index contributed by atoms with van der Waals surface area (Å²) < 4.78 is 0. The summed E-state index contributed by atoms with van der Waals surface area (Å²) in [6.07, 6.45) is 2.07. The number of halogens is 1. The highest BCUT2D eigenvalue weighted by Crippen LogP contribution is 2.24. The van der Waals surface area contributed by atoms with E-state index in [-0.39, 0.29) is 24.4 Å². The van der Waals surface area contributed by atoms with Crippen LogP contribution in [-0.2, 0) is 0 Å². The second-order valence-electron chi connectivity index (χ2n) is 6.29. The van der Waals surface area contributed by atoms with Gasteiger partial charge in [0.1, 0.15) is 0 Å². The summed E-state index contributed by atoms with van der Waals surface area (Å²) in [4.78, 5) is 15.0. The Balaban J connectivity index is 0.00000312. The molecule has 0 aromatic heterocycles. The monoisotopic (exact) mass is 363 g/mol. The molecule has 0 saturated carbocycles.